The van der Waals surface area contributed by atoms with Gasteiger partial charge in [0.15, 0.2) is 0 Å². The van der Waals surface area contributed by atoms with E-state index in [1.807, 2.05) is 6.92 Å². The highest BCUT2D eigenvalue weighted by Gasteiger charge is 2.16. The second-order valence-electron chi connectivity index (χ2n) is 4.19. The van der Waals surface area contributed by atoms with E-state index in [2.05, 4.69) is 30.4 Å². The molecule has 1 aromatic rings. The van der Waals surface area contributed by atoms with Crippen LogP contribution >= 0.6 is 0 Å². The van der Waals surface area contributed by atoms with Crippen LogP contribution in [0, 0.1) is 6.92 Å². The predicted molar refractivity (Wildman–Crippen MR) is 63.6 cm³/mol. The van der Waals surface area contributed by atoms with Crippen LogP contribution in [0.2, 0.25) is 0 Å². The Kier molecular flexibility index (Phi) is 3.14. The zero-order valence-electron chi connectivity index (χ0n) is 9.55. The fourth-order valence-corrected chi connectivity index (χ4v) is 1.84. The SMILES string of the molecule is CCOc1ccc(NC2CCC2)cc1C. The van der Waals surface area contributed by atoms with Crippen molar-refractivity contribution in [2.24, 2.45) is 0 Å². The van der Waals surface area contributed by atoms with Crippen molar-refractivity contribution in [3.63, 3.8) is 0 Å². The summed E-state index contributed by atoms with van der Waals surface area (Å²) in [4.78, 5) is 0. The maximum atomic E-state index is 5.51. The van der Waals surface area contributed by atoms with E-state index >= 15 is 0 Å². The van der Waals surface area contributed by atoms with Gasteiger partial charge in [0.25, 0.3) is 0 Å². The van der Waals surface area contributed by atoms with Crippen LogP contribution < -0.4 is 10.1 Å². The Morgan fingerprint density at radius 1 is 1.40 bits per heavy atom. The summed E-state index contributed by atoms with van der Waals surface area (Å²) in [7, 11) is 0. The van der Waals surface area contributed by atoms with Gasteiger partial charge < -0.3 is 10.1 Å². The van der Waals surface area contributed by atoms with E-state index in [-0.39, 0.29) is 0 Å². The molecule has 0 atom stereocenters. The zero-order valence-corrected chi connectivity index (χ0v) is 9.55. The molecule has 1 aliphatic carbocycles. The number of rotatable bonds is 4. The van der Waals surface area contributed by atoms with E-state index in [0.29, 0.717) is 6.04 Å². The minimum absolute atomic E-state index is 0.697. The minimum Gasteiger partial charge on any atom is -0.494 e. The van der Waals surface area contributed by atoms with Crippen LogP contribution in [0.1, 0.15) is 31.7 Å². The van der Waals surface area contributed by atoms with E-state index in [0.717, 1.165) is 12.4 Å². The number of nitrogens with one attached hydrogen (secondary N) is 1. The molecule has 0 radical (unpaired) electrons. The molecule has 82 valence electrons. The first-order chi connectivity index (χ1) is 7.29. The number of hydrogen-bond donors (Lipinski definition) is 1. The molecule has 1 aromatic carbocycles. The Morgan fingerprint density at radius 3 is 2.73 bits per heavy atom. The van der Waals surface area contributed by atoms with Crippen molar-refractivity contribution in [1.29, 1.82) is 0 Å². The molecule has 0 unspecified atom stereocenters. The van der Waals surface area contributed by atoms with E-state index in [1.165, 1.54) is 30.5 Å². The van der Waals surface area contributed by atoms with Gasteiger partial charge in [-0.1, -0.05) is 0 Å². The average molecular weight is 205 g/mol. The van der Waals surface area contributed by atoms with E-state index in [9.17, 15) is 0 Å². The highest BCUT2D eigenvalue weighted by Crippen LogP contribution is 2.26. The topological polar surface area (TPSA) is 21.3 Å². The molecule has 1 fully saturated rings. The number of hydrogen-bond acceptors (Lipinski definition) is 2. The molecule has 0 bridgehead atoms. The van der Waals surface area contributed by atoms with Gasteiger partial charge in [-0.05, 0) is 56.9 Å². The third-order valence-electron chi connectivity index (χ3n) is 2.95. The molecule has 2 rings (SSSR count). The first-order valence-electron chi connectivity index (χ1n) is 5.79. The summed E-state index contributed by atoms with van der Waals surface area (Å²) < 4.78 is 5.51. The van der Waals surface area contributed by atoms with E-state index < -0.39 is 0 Å². The van der Waals surface area contributed by atoms with Gasteiger partial charge in [0, 0.05) is 11.7 Å². The summed E-state index contributed by atoms with van der Waals surface area (Å²) in [6.07, 6.45) is 3.99. The van der Waals surface area contributed by atoms with Crippen LogP contribution in [-0.4, -0.2) is 12.6 Å². The molecule has 0 saturated heterocycles. The fraction of sp³-hybridized carbons (Fsp3) is 0.538. The summed E-state index contributed by atoms with van der Waals surface area (Å²) in [5.41, 5.74) is 2.43. The molecule has 1 N–H and O–H groups in total. The lowest BCUT2D eigenvalue weighted by Crippen LogP contribution is -2.26. The standard InChI is InChI=1S/C13H19NO/c1-3-15-13-8-7-12(9-10(13)2)14-11-5-4-6-11/h7-9,11,14H,3-6H2,1-2H3. The monoisotopic (exact) mass is 205 g/mol. The van der Waals surface area contributed by atoms with Crippen LogP contribution in [-0.2, 0) is 0 Å². The molecule has 15 heavy (non-hydrogen) atoms. The van der Waals surface area contributed by atoms with Crippen LogP contribution in [0.3, 0.4) is 0 Å². The van der Waals surface area contributed by atoms with Gasteiger partial charge >= 0.3 is 0 Å². The number of benzene rings is 1. The second kappa shape index (κ2) is 4.56. The van der Waals surface area contributed by atoms with E-state index in [1.54, 1.807) is 0 Å². The smallest absolute Gasteiger partial charge is 0.122 e. The summed E-state index contributed by atoms with van der Waals surface area (Å²) >= 11 is 0. The maximum absolute atomic E-state index is 5.51. The van der Waals surface area contributed by atoms with Gasteiger partial charge in [-0.15, -0.1) is 0 Å². The average Bonchev–Trinajstić information content (AvgIpc) is 2.16. The Morgan fingerprint density at radius 2 is 2.20 bits per heavy atom. The van der Waals surface area contributed by atoms with Gasteiger partial charge in [0.2, 0.25) is 0 Å². The third kappa shape index (κ3) is 2.44. The first-order valence-corrected chi connectivity index (χ1v) is 5.79. The van der Waals surface area contributed by atoms with Crippen molar-refractivity contribution in [3.8, 4) is 5.75 Å². The summed E-state index contributed by atoms with van der Waals surface area (Å²) in [5.74, 6) is 0.997. The largest absolute Gasteiger partial charge is 0.494 e. The third-order valence-corrected chi connectivity index (χ3v) is 2.95. The summed E-state index contributed by atoms with van der Waals surface area (Å²) in [5, 5.41) is 3.53. The molecule has 0 heterocycles. The Labute approximate surface area is 91.6 Å². The van der Waals surface area contributed by atoms with E-state index in [4.69, 9.17) is 4.74 Å². The molecule has 1 aliphatic rings. The number of anilines is 1. The van der Waals surface area contributed by atoms with Crippen LogP contribution in [0.5, 0.6) is 5.75 Å². The molecule has 2 heteroatoms. The van der Waals surface area contributed by atoms with Crippen molar-refractivity contribution in [3.05, 3.63) is 23.8 Å². The summed E-state index contributed by atoms with van der Waals surface area (Å²) in [6.45, 7) is 4.84. The molecule has 0 aliphatic heterocycles. The zero-order chi connectivity index (χ0) is 10.7. The molecule has 1 saturated carbocycles. The molecule has 0 spiro atoms. The lowest BCUT2D eigenvalue weighted by molar-refractivity contribution is 0.338. The van der Waals surface area contributed by atoms with Gasteiger partial charge in [0.1, 0.15) is 5.75 Å². The van der Waals surface area contributed by atoms with Gasteiger partial charge in [-0.25, -0.2) is 0 Å². The molecule has 0 aromatic heterocycles. The Balaban J connectivity index is 2.03. The molecular weight excluding hydrogens is 186 g/mol. The molecule has 2 nitrogen and oxygen atoms in total. The highest BCUT2D eigenvalue weighted by atomic mass is 16.5. The highest BCUT2D eigenvalue weighted by molar-refractivity contribution is 5.51. The minimum atomic E-state index is 0.697. The Bertz CT molecular complexity index is 331. The second-order valence-corrected chi connectivity index (χ2v) is 4.19. The lowest BCUT2D eigenvalue weighted by atomic mass is 9.93. The predicted octanol–water partition coefficient (Wildman–Crippen LogP) is 3.36. The molecule has 0 amide bonds. The quantitative estimate of drug-likeness (QED) is 0.813. The van der Waals surface area contributed by atoms with Gasteiger partial charge in [-0.3, -0.25) is 0 Å². The van der Waals surface area contributed by atoms with Gasteiger partial charge in [0.05, 0.1) is 6.61 Å². The Hall–Kier alpha value is -1.18. The fourth-order valence-electron chi connectivity index (χ4n) is 1.84. The van der Waals surface area contributed by atoms with Crippen molar-refractivity contribution in [2.45, 2.75) is 39.2 Å². The number of ether oxygens (including phenoxy) is 1. The van der Waals surface area contributed by atoms with Crippen molar-refractivity contribution in [2.75, 3.05) is 11.9 Å². The van der Waals surface area contributed by atoms with Crippen molar-refractivity contribution >= 4 is 5.69 Å². The van der Waals surface area contributed by atoms with Crippen molar-refractivity contribution in [1.82, 2.24) is 0 Å². The first kappa shape index (κ1) is 10.3. The maximum Gasteiger partial charge on any atom is 0.122 e. The van der Waals surface area contributed by atoms with Crippen molar-refractivity contribution < 1.29 is 4.74 Å². The normalized spacial score (nSPS) is 15.9. The van der Waals surface area contributed by atoms with Crippen LogP contribution in [0.25, 0.3) is 0 Å². The van der Waals surface area contributed by atoms with Crippen LogP contribution in [0.4, 0.5) is 5.69 Å². The lowest BCUT2D eigenvalue weighted by Gasteiger charge is -2.27. The van der Waals surface area contributed by atoms with Crippen LogP contribution in [0.15, 0.2) is 18.2 Å². The van der Waals surface area contributed by atoms with Gasteiger partial charge in [-0.2, -0.15) is 0 Å². The summed E-state index contributed by atoms with van der Waals surface area (Å²) in [6, 6.07) is 7.03. The molecular formula is C13H19NO. The number of aryl methyl sites for hydroxylation is 1.